The van der Waals surface area contributed by atoms with Gasteiger partial charge in [0.25, 0.3) is 0 Å². The Bertz CT molecular complexity index is 488. The van der Waals surface area contributed by atoms with Crippen LogP contribution in [-0.2, 0) is 6.54 Å². The number of anilines is 2. The molecular weight excluding hydrogens is 259 g/mol. The lowest BCUT2D eigenvalue weighted by Crippen LogP contribution is -2.17. The second-order valence-corrected chi connectivity index (χ2v) is 4.58. The third-order valence-electron chi connectivity index (χ3n) is 2.39. The van der Waals surface area contributed by atoms with Crippen molar-refractivity contribution in [2.45, 2.75) is 6.54 Å². The number of nitrogens with zero attached hydrogens (tertiary/aromatic N) is 1. The van der Waals surface area contributed by atoms with Gasteiger partial charge in [0.15, 0.2) is 0 Å². The highest BCUT2D eigenvalue weighted by Gasteiger charge is 2.13. The van der Waals surface area contributed by atoms with Crippen molar-refractivity contribution in [2.24, 2.45) is 0 Å². The fourth-order valence-corrected chi connectivity index (χ4v) is 2.46. The van der Waals surface area contributed by atoms with Crippen LogP contribution < -0.4 is 10.6 Å². The molecule has 3 nitrogen and oxygen atoms in total. The maximum Gasteiger partial charge on any atom is 0.123 e. The summed E-state index contributed by atoms with van der Waals surface area (Å²) in [6, 6.07) is 7.10. The fraction of sp³-hybridized carbons (Fsp3) is 0.167. The molecule has 0 fully saturated rings. The molecule has 0 unspecified atom stereocenters. The maximum atomic E-state index is 6.13. The second-order valence-electron chi connectivity index (χ2n) is 3.77. The van der Waals surface area contributed by atoms with E-state index < -0.39 is 0 Å². The molecule has 0 bridgehead atoms. The van der Waals surface area contributed by atoms with E-state index in [0.29, 0.717) is 22.3 Å². The molecule has 0 spiro atoms. The number of furan rings is 1. The van der Waals surface area contributed by atoms with E-state index in [2.05, 4.69) is 0 Å². The molecule has 0 radical (unpaired) electrons. The molecule has 1 aromatic carbocycles. The predicted octanol–water partition coefficient (Wildman–Crippen LogP) is 3.81. The molecule has 90 valence electrons. The zero-order valence-electron chi connectivity index (χ0n) is 9.28. The third-order valence-corrected chi connectivity index (χ3v) is 2.97. The molecule has 0 aliphatic heterocycles. The molecule has 0 aliphatic rings. The number of nitrogen functional groups attached to an aromatic ring is 1. The van der Waals surface area contributed by atoms with Gasteiger partial charge in [0, 0.05) is 12.7 Å². The van der Waals surface area contributed by atoms with Crippen LogP contribution in [0.25, 0.3) is 0 Å². The van der Waals surface area contributed by atoms with Crippen molar-refractivity contribution in [3.05, 3.63) is 46.3 Å². The van der Waals surface area contributed by atoms with Gasteiger partial charge in [-0.1, -0.05) is 23.2 Å². The van der Waals surface area contributed by atoms with Crippen molar-refractivity contribution in [1.29, 1.82) is 0 Å². The minimum Gasteiger partial charge on any atom is -0.467 e. The van der Waals surface area contributed by atoms with Gasteiger partial charge >= 0.3 is 0 Å². The van der Waals surface area contributed by atoms with Gasteiger partial charge in [-0.25, -0.2) is 0 Å². The van der Waals surface area contributed by atoms with Crippen LogP contribution in [0.1, 0.15) is 5.76 Å². The molecule has 2 aromatic rings. The molecule has 0 saturated carbocycles. The van der Waals surface area contributed by atoms with Crippen LogP contribution in [0.15, 0.2) is 34.9 Å². The number of halogens is 2. The first kappa shape index (κ1) is 12.1. The Morgan fingerprint density at radius 1 is 1.29 bits per heavy atom. The van der Waals surface area contributed by atoms with Gasteiger partial charge < -0.3 is 15.1 Å². The molecule has 0 atom stereocenters. The lowest BCUT2D eigenvalue weighted by molar-refractivity contribution is 0.507. The summed E-state index contributed by atoms with van der Waals surface area (Å²) in [7, 11) is 1.89. The molecule has 0 amide bonds. The monoisotopic (exact) mass is 270 g/mol. The SMILES string of the molecule is CN(Cc1ccco1)c1c(Cl)cc(N)cc1Cl. The molecule has 17 heavy (non-hydrogen) atoms. The van der Waals surface area contributed by atoms with Gasteiger partial charge in [0.1, 0.15) is 5.76 Å². The van der Waals surface area contributed by atoms with Crippen LogP contribution in [0.4, 0.5) is 11.4 Å². The van der Waals surface area contributed by atoms with Gasteiger partial charge in [-0.05, 0) is 24.3 Å². The predicted molar refractivity (Wildman–Crippen MR) is 71.7 cm³/mol. The molecule has 1 heterocycles. The minimum atomic E-state index is 0.532. The van der Waals surface area contributed by atoms with Crippen LogP contribution in [0.2, 0.25) is 10.0 Å². The van der Waals surface area contributed by atoms with Crippen molar-refractivity contribution in [3.8, 4) is 0 Å². The van der Waals surface area contributed by atoms with E-state index in [1.54, 1.807) is 18.4 Å². The number of hydrogen-bond donors (Lipinski definition) is 1. The molecule has 5 heteroatoms. The van der Waals surface area contributed by atoms with E-state index in [-0.39, 0.29) is 0 Å². The highest BCUT2D eigenvalue weighted by Crippen LogP contribution is 2.35. The van der Waals surface area contributed by atoms with Crippen LogP contribution in [0.3, 0.4) is 0 Å². The third kappa shape index (κ3) is 2.68. The summed E-state index contributed by atoms with van der Waals surface area (Å²) in [5.74, 6) is 0.844. The van der Waals surface area contributed by atoms with Gasteiger partial charge in [0.2, 0.25) is 0 Å². The zero-order chi connectivity index (χ0) is 12.4. The van der Waals surface area contributed by atoms with Crippen molar-refractivity contribution in [3.63, 3.8) is 0 Å². The van der Waals surface area contributed by atoms with Crippen LogP contribution in [0, 0.1) is 0 Å². The first-order chi connectivity index (χ1) is 8.08. The van der Waals surface area contributed by atoms with Crippen molar-refractivity contribution in [2.75, 3.05) is 17.7 Å². The number of hydrogen-bond acceptors (Lipinski definition) is 3. The Labute approximate surface area is 110 Å². The first-order valence-electron chi connectivity index (χ1n) is 5.06. The Morgan fingerprint density at radius 2 is 1.94 bits per heavy atom. The summed E-state index contributed by atoms with van der Waals surface area (Å²) in [4.78, 5) is 1.92. The Hall–Kier alpha value is -1.32. The highest BCUT2D eigenvalue weighted by molar-refractivity contribution is 6.39. The Morgan fingerprint density at radius 3 is 2.47 bits per heavy atom. The maximum absolute atomic E-state index is 6.13. The smallest absolute Gasteiger partial charge is 0.123 e. The second kappa shape index (κ2) is 4.90. The standard InChI is InChI=1S/C12H12Cl2N2O/c1-16(7-9-3-2-4-17-9)12-10(13)5-8(15)6-11(12)14/h2-6H,7,15H2,1H3. The van der Waals surface area contributed by atoms with E-state index in [0.717, 1.165) is 11.4 Å². The molecule has 2 N–H and O–H groups in total. The highest BCUT2D eigenvalue weighted by atomic mass is 35.5. The summed E-state index contributed by atoms with van der Waals surface area (Å²) < 4.78 is 5.28. The van der Waals surface area contributed by atoms with Crippen molar-refractivity contribution < 1.29 is 4.42 Å². The number of benzene rings is 1. The largest absolute Gasteiger partial charge is 0.467 e. The van der Waals surface area contributed by atoms with E-state index in [4.69, 9.17) is 33.4 Å². The number of nitrogens with two attached hydrogens (primary N) is 1. The zero-order valence-corrected chi connectivity index (χ0v) is 10.8. The quantitative estimate of drug-likeness (QED) is 0.863. The van der Waals surface area contributed by atoms with Crippen molar-refractivity contribution in [1.82, 2.24) is 0 Å². The van der Waals surface area contributed by atoms with Gasteiger partial charge in [-0.3, -0.25) is 0 Å². The molecule has 1 aromatic heterocycles. The summed E-state index contributed by atoms with van der Waals surface area (Å²) in [5.41, 5.74) is 6.96. The van der Waals surface area contributed by atoms with E-state index in [1.165, 1.54) is 0 Å². The average molecular weight is 271 g/mol. The normalized spacial score (nSPS) is 10.5. The summed E-state index contributed by atoms with van der Waals surface area (Å²) in [5, 5.41) is 1.06. The lowest BCUT2D eigenvalue weighted by atomic mass is 10.2. The van der Waals surface area contributed by atoms with Crippen LogP contribution >= 0.6 is 23.2 Å². The van der Waals surface area contributed by atoms with Crippen LogP contribution in [-0.4, -0.2) is 7.05 Å². The fourth-order valence-electron chi connectivity index (χ4n) is 1.67. The molecule has 0 saturated heterocycles. The molecular formula is C12H12Cl2N2O. The molecule has 0 aliphatic carbocycles. The topological polar surface area (TPSA) is 42.4 Å². The summed E-state index contributed by atoms with van der Waals surface area (Å²) in [6.45, 7) is 0.594. The Kier molecular flexibility index (Phi) is 3.50. The minimum absolute atomic E-state index is 0.532. The summed E-state index contributed by atoms with van der Waals surface area (Å²) in [6.07, 6.45) is 1.63. The first-order valence-corrected chi connectivity index (χ1v) is 5.81. The van der Waals surface area contributed by atoms with E-state index in [9.17, 15) is 0 Å². The van der Waals surface area contributed by atoms with Crippen LogP contribution in [0.5, 0.6) is 0 Å². The van der Waals surface area contributed by atoms with Gasteiger partial charge in [-0.15, -0.1) is 0 Å². The molecule has 2 rings (SSSR count). The number of rotatable bonds is 3. The Balaban J connectivity index is 2.27. The summed E-state index contributed by atoms with van der Waals surface area (Å²) >= 11 is 12.3. The average Bonchev–Trinajstić information content (AvgIpc) is 2.68. The van der Waals surface area contributed by atoms with Crippen molar-refractivity contribution >= 4 is 34.6 Å². The lowest BCUT2D eigenvalue weighted by Gasteiger charge is -2.21. The van der Waals surface area contributed by atoms with E-state index in [1.807, 2.05) is 24.1 Å². The van der Waals surface area contributed by atoms with E-state index >= 15 is 0 Å². The van der Waals surface area contributed by atoms with Gasteiger partial charge in [0.05, 0.1) is 28.5 Å². The van der Waals surface area contributed by atoms with Gasteiger partial charge in [-0.2, -0.15) is 0 Å².